The molecule has 1 aliphatic rings. The van der Waals surface area contributed by atoms with Gasteiger partial charge in [0.25, 0.3) is 0 Å². The molecular formula is C21H25FN6. The van der Waals surface area contributed by atoms with Gasteiger partial charge < -0.3 is 4.90 Å². The van der Waals surface area contributed by atoms with E-state index >= 15 is 0 Å². The topological polar surface area (TPSA) is 50.1 Å². The molecule has 0 bridgehead atoms. The van der Waals surface area contributed by atoms with E-state index in [4.69, 9.17) is 0 Å². The average molecular weight is 380 g/mol. The third kappa shape index (κ3) is 3.62. The van der Waals surface area contributed by atoms with Gasteiger partial charge >= 0.3 is 0 Å². The van der Waals surface area contributed by atoms with E-state index in [1.165, 1.54) is 17.3 Å². The molecule has 1 aliphatic heterocycles. The molecule has 3 aromatic rings. The molecule has 7 heteroatoms. The van der Waals surface area contributed by atoms with E-state index in [1.807, 2.05) is 16.9 Å². The molecule has 0 radical (unpaired) electrons. The highest BCUT2D eigenvalue weighted by Crippen LogP contribution is 2.29. The van der Waals surface area contributed by atoms with Crippen LogP contribution in [0.2, 0.25) is 0 Å². The van der Waals surface area contributed by atoms with Crippen molar-refractivity contribution in [2.45, 2.75) is 26.9 Å². The van der Waals surface area contributed by atoms with Crippen LogP contribution in [0.5, 0.6) is 0 Å². The summed E-state index contributed by atoms with van der Waals surface area (Å²) in [5, 5.41) is 4.44. The zero-order valence-corrected chi connectivity index (χ0v) is 16.3. The van der Waals surface area contributed by atoms with Gasteiger partial charge in [0.2, 0.25) is 0 Å². The molecule has 1 saturated heterocycles. The average Bonchev–Trinajstić information content (AvgIpc) is 3.08. The molecule has 4 rings (SSSR count). The minimum absolute atomic E-state index is 0.272. The molecule has 0 unspecified atom stereocenters. The van der Waals surface area contributed by atoms with E-state index in [0.29, 0.717) is 11.3 Å². The van der Waals surface area contributed by atoms with Crippen molar-refractivity contribution in [2.24, 2.45) is 0 Å². The lowest BCUT2D eigenvalue weighted by molar-refractivity contribution is 0.249. The van der Waals surface area contributed by atoms with Crippen molar-refractivity contribution < 1.29 is 4.39 Å². The van der Waals surface area contributed by atoms with Crippen LogP contribution in [0.25, 0.3) is 11.3 Å². The Balaban J connectivity index is 1.47. The summed E-state index contributed by atoms with van der Waals surface area (Å²) in [6.07, 6.45) is 5.27. The molecule has 3 heterocycles. The first-order valence-electron chi connectivity index (χ1n) is 9.72. The van der Waals surface area contributed by atoms with Gasteiger partial charge in [0.15, 0.2) is 5.82 Å². The summed E-state index contributed by atoms with van der Waals surface area (Å²) in [6, 6.07) is 6.74. The fourth-order valence-corrected chi connectivity index (χ4v) is 3.72. The Morgan fingerprint density at radius 1 is 1.04 bits per heavy atom. The minimum Gasteiger partial charge on any atom is -0.352 e. The van der Waals surface area contributed by atoms with E-state index in [2.05, 4.69) is 38.7 Å². The van der Waals surface area contributed by atoms with Gasteiger partial charge in [0, 0.05) is 68.5 Å². The van der Waals surface area contributed by atoms with E-state index in [0.717, 1.165) is 45.1 Å². The summed E-state index contributed by atoms with van der Waals surface area (Å²) in [7, 11) is 0. The summed E-state index contributed by atoms with van der Waals surface area (Å²) in [5.74, 6) is 0.480. The Labute approximate surface area is 164 Å². The van der Waals surface area contributed by atoms with Gasteiger partial charge in [0.05, 0.1) is 6.20 Å². The van der Waals surface area contributed by atoms with Crippen LogP contribution in [0.1, 0.15) is 18.2 Å². The maximum atomic E-state index is 14.3. The highest BCUT2D eigenvalue weighted by Gasteiger charge is 2.23. The van der Waals surface area contributed by atoms with E-state index in [1.54, 1.807) is 24.5 Å². The van der Waals surface area contributed by atoms with Crippen molar-refractivity contribution in [3.8, 4) is 11.3 Å². The maximum Gasteiger partial charge on any atom is 0.155 e. The Hall–Kier alpha value is -2.80. The normalized spacial score (nSPS) is 15.2. The second-order valence-electron chi connectivity index (χ2n) is 7.04. The molecule has 0 N–H and O–H groups in total. The molecule has 28 heavy (non-hydrogen) atoms. The number of hydrogen-bond acceptors (Lipinski definition) is 5. The standard InChI is InChI=1S/C21H25FN6/c1-3-28-16(2)17(14-25-28)15-26-10-12-27(13-11-26)21-20(23-8-9-24-21)18-6-4-5-7-19(18)22/h4-9,14H,3,10-13,15H2,1-2H3. The molecular weight excluding hydrogens is 355 g/mol. The predicted octanol–water partition coefficient (Wildman–Crippen LogP) is 3.13. The van der Waals surface area contributed by atoms with Gasteiger partial charge in [-0.25, -0.2) is 9.37 Å². The van der Waals surface area contributed by atoms with Crippen molar-refractivity contribution in [2.75, 3.05) is 31.1 Å². The highest BCUT2D eigenvalue weighted by molar-refractivity contribution is 5.72. The second-order valence-corrected chi connectivity index (χ2v) is 7.04. The van der Waals surface area contributed by atoms with Crippen LogP contribution in [-0.2, 0) is 13.1 Å². The van der Waals surface area contributed by atoms with E-state index in [-0.39, 0.29) is 5.82 Å². The Bertz CT molecular complexity index is 946. The Kier molecular flexibility index (Phi) is 5.34. The number of halogens is 1. The van der Waals surface area contributed by atoms with Crippen LogP contribution in [0, 0.1) is 12.7 Å². The van der Waals surface area contributed by atoms with Gasteiger partial charge in [-0.15, -0.1) is 0 Å². The zero-order valence-electron chi connectivity index (χ0n) is 16.3. The lowest BCUT2D eigenvalue weighted by atomic mass is 10.1. The lowest BCUT2D eigenvalue weighted by Gasteiger charge is -2.35. The van der Waals surface area contributed by atoms with Crippen LogP contribution in [-0.4, -0.2) is 50.8 Å². The smallest absolute Gasteiger partial charge is 0.155 e. The third-order valence-corrected chi connectivity index (χ3v) is 5.38. The molecule has 1 aromatic carbocycles. The zero-order chi connectivity index (χ0) is 19.5. The van der Waals surface area contributed by atoms with Crippen molar-refractivity contribution in [3.63, 3.8) is 0 Å². The number of anilines is 1. The van der Waals surface area contributed by atoms with Crippen molar-refractivity contribution in [3.05, 3.63) is 59.9 Å². The number of hydrogen-bond donors (Lipinski definition) is 0. The van der Waals surface area contributed by atoms with Crippen LogP contribution < -0.4 is 4.90 Å². The largest absolute Gasteiger partial charge is 0.352 e. The van der Waals surface area contributed by atoms with Crippen molar-refractivity contribution in [1.29, 1.82) is 0 Å². The number of aromatic nitrogens is 4. The van der Waals surface area contributed by atoms with Crippen LogP contribution in [0.4, 0.5) is 10.2 Å². The SMILES string of the molecule is CCn1ncc(CN2CCN(c3nccnc3-c3ccccc3F)CC2)c1C. The van der Waals surface area contributed by atoms with Gasteiger partial charge in [-0.1, -0.05) is 12.1 Å². The fourth-order valence-electron chi connectivity index (χ4n) is 3.72. The first kappa shape index (κ1) is 18.6. The summed E-state index contributed by atoms with van der Waals surface area (Å²) < 4.78 is 16.3. The quantitative estimate of drug-likeness (QED) is 0.681. The highest BCUT2D eigenvalue weighted by atomic mass is 19.1. The lowest BCUT2D eigenvalue weighted by Crippen LogP contribution is -2.46. The van der Waals surface area contributed by atoms with E-state index in [9.17, 15) is 4.39 Å². The van der Waals surface area contributed by atoms with Crippen molar-refractivity contribution >= 4 is 5.82 Å². The number of benzene rings is 1. The number of piperazine rings is 1. The predicted molar refractivity (Wildman–Crippen MR) is 108 cm³/mol. The maximum absolute atomic E-state index is 14.3. The fraction of sp³-hybridized carbons (Fsp3) is 0.381. The number of rotatable bonds is 5. The van der Waals surface area contributed by atoms with Crippen LogP contribution >= 0.6 is 0 Å². The molecule has 0 amide bonds. The number of aryl methyl sites for hydroxylation is 1. The molecule has 0 aliphatic carbocycles. The second kappa shape index (κ2) is 8.06. The van der Waals surface area contributed by atoms with Gasteiger partial charge in [-0.2, -0.15) is 5.10 Å². The molecule has 0 spiro atoms. The van der Waals surface area contributed by atoms with Gasteiger partial charge in [-0.05, 0) is 26.0 Å². The monoisotopic (exact) mass is 380 g/mol. The van der Waals surface area contributed by atoms with E-state index < -0.39 is 0 Å². The molecule has 6 nitrogen and oxygen atoms in total. The molecule has 1 fully saturated rings. The Morgan fingerprint density at radius 3 is 2.50 bits per heavy atom. The summed E-state index contributed by atoms with van der Waals surface area (Å²) in [6.45, 7) is 9.54. The summed E-state index contributed by atoms with van der Waals surface area (Å²) >= 11 is 0. The Morgan fingerprint density at radius 2 is 1.79 bits per heavy atom. The summed E-state index contributed by atoms with van der Waals surface area (Å²) in [5.41, 5.74) is 3.62. The van der Waals surface area contributed by atoms with Gasteiger partial charge in [-0.3, -0.25) is 14.6 Å². The molecule has 2 aromatic heterocycles. The van der Waals surface area contributed by atoms with Gasteiger partial charge in [0.1, 0.15) is 11.5 Å². The minimum atomic E-state index is -0.272. The summed E-state index contributed by atoms with van der Waals surface area (Å²) in [4.78, 5) is 13.6. The third-order valence-electron chi connectivity index (χ3n) is 5.38. The first-order chi connectivity index (χ1) is 13.7. The van der Waals surface area contributed by atoms with Crippen LogP contribution in [0.3, 0.4) is 0 Å². The van der Waals surface area contributed by atoms with Crippen molar-refractivity contribution in [1.82, 2.24) is 24.6 Å². The molecule has 0 saturated carbocycles. The first-order valence-corrected chi connectivity index (χ1v) is 9.72. The van der Waals surface area contributed by atoms with Crippen LogP contribution in [0.15, 0.2) is 42.9 Å². The number of nitrogens with zero attached hydrogens (tertiary/aromatic N) is 6. The molecule has 0 atom stereocenters. The molecule has 146 valence electrons.